The van der Waals surface area contributed by atoms with Crippen molar-refractivity contribution < 1.29 is 19.6 Å². The van der Waals surface area contributed by atoms with Crippen molar-refractivity contribution in [3.05, 3.63) is 108 Å². The molecule has 0 aliphatic heterocycles. The van der Waals surface area contributed by atoms with Crippen molar-refractivity contribution in [2.75, 3.05) is 5.32 Å². The van der Waals surface area contributed by atoms with Gasteiger partial charge in [0.15, 0.2) is 0 Å². The van der Waals surface area contributed by atoms with Gasteiger partial charge in [-0.2, -0.15) is 0 Å². The lowest BCUT2D eigenvalue weighted by molar-refractivity contribution is -0.123. The van der Waals surface area contributed by atoms with Gasteiger partial charge in [0.25, 0.3) is 5.91 Å². The zero-order chi connectivity index (χ0) is 22.8. The minimum Gasteiger partial charge on any atom is -0.340 e. The van der Waals surface area contributed by atoms with E-state index in [1.807, 2.05) is 60.7 Å². The molecule has 3 amide bonds. The number of carbonyl (C=O) groups is 3. The molecule has 0 bridgehead atoms. The van der Waals surface area contributed by atoms with Gasteiger partial charge in [-0.3, -0.25) is 19.6 Å². The number of benzene rings is 3. The van der Waals surface area contributed by atoms with Crippen LogP contribution >= 0.6 is 0 Å². The summed E-state index contributed by atoms with van der Waals surface area (Å²) in [5.41, 5.74) is 4.02. The summed E-state index contributed by atoms with van der Waals surface area (Å²) >= 11 is 0. The van der Waals surface area contributed by atoms with Crippen LogP contribution in [0.3, 0.4) is 0 Å². The minimum atomic E-state index is -0.814. The molecular weight excluding hydrogens is 406 g/mol. The van der Waals surface area contributed by atoms with Gasteiger partial charge in [-0.15, -0.1) is 0 Å². The summed E-state index contributed by atoms with van der Waals surface area (Å²) in [6.07, 6.45) is 3.38. The van der Waals surface area contributed by atoms with Gasteiger partial charge in [0.05, 0.1) is 0 Å². The Labute approximate surface area is 185 Å². The highest BCUT2D eigenvalue weighted by atomic mass is 16.5. The van der Waals surface area contributed by atoms with Crippen molar-refractivity contribution >= 4 is 29.5 Å². The molecule has 1 atom stereocenters. The number of hydrogen-bond donors (Lipinski definition) is 4. The Bertz CT molecular complexity index is 1080. The van der Waals surface area contributed by atoms with E-state index in [0.717, 1.165) is 11.1 Å². The molecule has 0 saturated heterocycles. The number of carbonyl (C=O) groups excluding carboxylic acids is 3. The third-order valence-corrected chi connectivity index (χ3v) is 4.66. The summed E-state index contributed by atoms with van der Waals surface area (Å²) in [5, 5.41) is 14.2. The van der Waals surface area contributed by atoms with Crippen molar-refractivity contribution in [2.45, 2.75) is 12.5 Å². The summed E-state index contributed by atoms with van der Waals surface area (Å²) in [4.78, 5) is 36.9. The molecule has 162 valence electrons. The zero-order valence-electron chi connectivity index (χ0n) is 17.2. The number of rotatable bonds is 8. The van der Waals surface area contributed by atoms with E-state index in [4.69, 9.17) is 5.21 Å². The molecule has 3 rings (SSSR count). The second kappa shape index (κ2) is 11.2. The molecule has 0 fully saturated rings. The Morgan fingerprint density at radius 3 is 2.09 bits per heavy atom. The van der Waals surface area contributed by atoms with Crippen LogP contribution in [0, 0.1) is 0 Å². The fraction of sp³-hybridized carbons (Fsp3) is 0.0800. The van der Waals surface area contributed by atoms with Gasteiger partial charge in [0.1, 0.15) is 6.04 Å². The van der Waals surface area contributed by atoms with Gasteiger partial charge < -0.3 is 10.6 Å². The molecule has 7 heteroatoms. The fourth-order valence-corrected chi connectivity index (χ4v) is 3.01. The molecule has 4 N–H and O–H groups in total. The highest BCUT2D eigenvalue weighted by molar-refractivity contribution is 6.00. The van der Waals surface area contributed by atoms with Crippen LogP contribution in [0.4, 0.5) is 5.69 Å². The van der Waals surface area contributed by atoms with Crippen molar-refractivity contribution in [3.8, 4) is 0 Å². The Hall–Kier alpha value is -4.23. The van der Waals surface area contributed by atoms with Crippen LogP contribution in [0.2, 0.25) is 0 Å². The van der Waals surface area contributed by atoms with E-state index in [9.17, 15) is 14.4 Å². The molecule has 0 spiro atoms. The highest BCUT2D eigenvalue weighted by Gasteiger charge is 2.21. The molecule has 0 heterocycles. The van der Waals surface area contributed by atoms with E-state index >= 15 is 0 Å². The van der Waals surface area contributed by atoms with Crippen LogP contribution in [0.15, 0.2) is 91.0 Å². The second-order valence-corrected chi connectivity index (χ2v) is 7.00. The molecular formula is C25H23N3O4. The second-order valence-electron chi connectivity index (χ2n) is 7.00. The van der Waals surface area contributed by atoms with E-state index < -0.39 is 17.9 Å². The molecule has 0 saturated carbocycles. The van der Waals surface area contributed by atoms with Crippen molar-refractivity contribution in [1.29, 1.82) is 0 Å². The number of hydroxylamine groups is 1. The number of nitrogens with one attached hydrogen (secondary N) is 3. The SMILES string of the molecule is O=C(/C=C/c1ccccc1)NC(Cc1ccccc1)C(=O)Nc1ccc(C(=O)NO)cc1. The van der Waals surface area contributed by atoms with Crippen LogP contribution in [-0.4, -0.2) is 29.0 Å². The van der Waals surface area contributed by atoms with E-state index in [1.165, 1.54) is 18.2 Å². The summed E-state index contributed by atoms with van der Waals surface area (Å²) in [5.74, 6) is -1.43. The van der Waals surface area contributed by atoms with E-state index in [-0.39, 0.29) is 11.5 Å². The molecule has 3 aromatic carbocycles. The Morgan fingerprint density at radius 1 is 0.844 bits per heavy atom. The third-order valence-electron chi connectivity index (χ3n) is 4.66. The third kappa shape index (κ3) is 6.65. The average molecular weight is 429 g/mol. The smallest absolute Gasteiger partial charge is 0.274 e. The van der Waals surface area contributed by atoms with Crippen LogP contribution < -0.4 is 16.1 Å². The Balaban J connectivity index is 1.71. The summed E-state index contributed by atoms with van der Waals surface area (Å²) in [6.45, 7) is 0. The summed E-state index contributed by atoms with van der Waals surface area (Å²) < 4.78 is 0. The van der Waals surface area contributed by atoms with Crippen molar-refractivity contribution in [3.63, 3.8) is 0 Å². The van der Waals surface area contributed by atoms with Crippen molar-refractivity contribution in [2.24, 2.45) is 0 Å². The topological polar surface area (TPSA) is 108 Å². The normalized spacial score (nSPS) is 11.5. The maximum atomic E-state index is 12.9. The van der Waals surface area contributed by atoms with Crippen LogP contribution in [0.1, 0.15) is 21.5 Å². The quantitative estimate of drug-likeness (QED) is 0.251. The lowest BCUT2D eigenvalue weighted by Crippen LogP contribution is -2.44. The van der Waals surface area contributed by atoms with Gasteiger partial charge in [0, 0.05) is 23.7 Å². The van der Waals surface area contributed by atoms with Crippen LogP contribution in [-0.2, 0) is 16.0 Å². The molecule has 1 unspecified atom stereocenters. The molecule has 7 nitrogen and oxygen atoms in total. The monoisotopic (exact) mass is 429 g/mol. The van der Waals surface area contributed by atoms with E-state index in [1.54, 1.807) is 23.7 Å². The molecule has 0 radical (unpaired) electrons. The van der Waals surface area contributed by atoms with E-state index in [2.05, 4.69) is 10.6 Å². The maximum Gasteiger partial charge on any atom is 0.274 e. The first-order valence-corrected chi connectivity index (χ1v) is 9.98. The molecule has 0 aliphatic rings. The van der Waals surface area contributed by atoms with E-state index in [0.29, 0.717) is 12.1 Å². The first-order chi connectivity index (χ1) is 15.5. The summed E-state index contributed by atoms with van der Waals surface area (Å²) in [7, 11) is 0. The van der Waals surface area contributed by atoms with Gasteiger partial charge in [-0.05, 0) is 41.5 Å². The first-order valence-electron chi connectivity index (χ1n) is 9.98. The predicted molar refractivity (Wildman–Crippen MR) is 122 cm³/mol. The van der Waals surface area contributed by atoms with Crippen molar-refractivity contribution in [1.82, 2.24) is 10.8 Å². The fourth-order valence-electron chi connectivity index (χ4n) is 3.01. The molecule has 32 heavy (non-hydrogen) atoms. The Kier molecular flexibility index (Phi) is 7.89. The Morgan fingerprint density at radius 2 is 1.47 bits per heavy atom. The first kappa shape index (κ1) is 22.5. The zero-order valence-corrected chi connectivity index (χ0v) is 17.2. The van der Waals surface area contributed by atoms with Gasteiger partial charge >= 0.3 is 0 Å². The highest BCUT2D eigenvalue weighted by Crippen LogP contribution is 2.12. The van der Waals surface area contributed by atoms with Crippen LogP contribution in [0.5, 0.6) is 0 Å². The molecule has 3 aromatic rings. The predicted octanol–water partition coefficient (Wildman–Crippen LogP) is 3.19. The van der Waals surface area contributed by atoms with Gasteiger partial charge in [-0.25, -0.2) is 5.48 Å². The lowest BCUT2D eigenvalue weighted by Gasteiger charge is -2.18. The largest absolute Gasteiger partial charge is 0.340 e. The molecule has 0 aromatic heterocycles. The van der Waals surface area contributed by atoms with Gasteiger partial charge in [-0.1, -0.05) is 60.7 Å². The standard InChI is InChI=1S/C25H23N3O4/c29-23(16-11-18-7-3-1-4-8-18)27-22(17-19-9-5-2-6-10-19)25(31)26-21-14-12-20(13-15-21)24(30)28-32/h1-16,22,32H,17H2,(H,26,31)(H,27,29)(H,28,30)/b16-11+. The minimum absolute atomic E-state index is 0.241. The number of hydrogen-bond acceptors (Lipinski definition) is 4. The number of amides is 3. The molecule has 0 aliphatic carbocycles. The maximum absolute atomic E-state index is 12.9. The summed E-state index contributed by atoms with van der Waals surface area (Å²) in [6, 6.07) is 24.0. The average Bonchev–Trinajstić information content (AvgIpc) is 2.83. The van der Waals surface area contributed by atoms with Gasteiger partial charge in [0.2, 0.25) is 11.8 Å². The van der Waals surface area contributed by atoms with Crippen LogP contribution in [0.25, 0.3) is 6.08 Å². The number of anilines is 1. The lowest BCUT2D eigenvalue weighted by atomic mass is 10.0.